The van der Waals surface area contributed by atoms with E-state index in [4.69, 9.17) is 0 Å². The second-order valence-corrected chi connectivity index (χ2v) is 6.59. The molecule has 0 fully saturated rings. The van der Waals surface area contributed by atoms with Gasteiger partial charge in [0.1, 0.15) is 5.69 Å². The van der Waals surface area contributed by atoms with Crippen molar-refractivity contribution in [2.24, 2.45) is 0 Å². The number of carbonyl (C=O) groups excluding carboxylic acids is 2. The number of para-hydroxylation sites is 1. The molecule has 6 nitrogen and oxygen atoms in total. The van der Waals surface area contributed by atoms with Gasteiger partial charge in [-0.1, -0.05) is 24.3 Å². The number of nitrogens with zero attached hydrogens (tertiary/aromatic N) is 1. The SMILES string of the molecule is Cc1ccc(NC(=O)c2csc(NC(=O)Nc3ccccc3)n2)cc1C. The molecule has 0 unspecified atom stereocenters. The summed E-state index contributed by atoms with van der Waals surface area (Å²) in [4.78, 5) is 28.4. The Morgan fingerprint density at radius 2 is 1.65 bits per heavy atom. The molecule has 0 aliphatic rings. The Hall–Kier alpha value is -3.19. The Kier molecular flexibility index (Phi) is 5.28. The molecule has 26 heavy (non-hydrogen) atoms. The van der Waals surface area contributed by atoms with Gasteiger partial charge in [0.05, 0.1) is 0 Å². The lowest BCUT2D eigenvalue weighted by molar-refractivity contribution is 0.102. The van der Waals surface area contributed by atoms with E-state index < -0.39 is 6.03 Å². The van der Waals surface area contributed by atoms with E-state index in [1.807, 2.05) is 50.2 Å². The van der Waals surface area contributed by atoms with Crippen molar-refractivity contribution in [1.82, 2.24) is 4.98 Å². The van der Waals surface area contributed by atoms with Crippen molar-refractivity contribution >= 4 is 39.8 Å². The molecule has 0 radical (unpaired) electrons. The summed E-state index contributed by atoms with van der Waals surface area (Å²) in [6, 6.07) is 14.4. The summed E-state index contributed by atoms with van der Waals surface area (Å²) in [6.45, 7) is 4.00. The summed E-state index contributed by atoms with van der Waals surface area (Å²) in [5.74, 6) is -0.318. The molecule has 7 heteroatoms. The van der Waals surface area contributed by atoms with Gasteiger partial charge in [-0.25, -0.2) is 9.78 Å². The molecule has 0 aliphatic carbocycles. The Balaban J connectivity index is 1.60. The van der Waals surface area contributed by atoms with Gasteiger partial charge in [-0.05, 0) is 49.2 Å². The second kappa shape index (κ2) is 7.79. The van der Waals surface area contributed by atoms with Crippen LogP contribution in [0.1, 0.15) is 21.6 Å². The normalized spacial score (nSPS) is 10.2. The molecule has 3 rings (SSSR count). The number of anilines is 3. The first-order valence-corrected chi connectivity index (χ1v) is 8.86. The standard InChI is InChI=1S/C19H18N4O2S/c1-12-8-9-15(10-13(12)2)20-17(24)16-11-26-19(22-16)23-18(25)21-14-6-4-3-5-7-14/h3-11H,1-2H3,(H,20,24)(H2,21,22,23,25). The van der Waals surface area contributed by atoms with Crippen LogP contribution in [0.25, 0.3) is 0 Å². The molecular formula is C19H18N4O2S. The quantitative estimate of drug-likeness (QED) is 0.628. The molecule has 3 N–H and O–H groups in total. The minimum atomic E-state index is -0.410. The predicted octanol–water partition coefficient (Wildman–Crippen LogP) is 4.66. The van der Waals surface area contributed by atoms with Crippen molar-refractivity contribution in [3.05, 3.63) is 70.7 Å². The van der Waals surface area contributed by atoms with E-state index in [1.54, 1.807) is 17.5 Å². The number of benzene rings is 2. The van der Waals surface area contributed by atoms with Crippen molar-refractivity contribution in [2.75, 3.05) is 16.0 Å². The Labute approximate surface area is 155 Å². The van der Waals surface area contributed by atoms with Crippen molar-refractivity contribution in [1.29, 1.82) is 0 Å². The van der Waals surface area contributed by atoms with Gasteiger partial charge < -0.3 is 10.6 Å². The number of aromatic nitrogens is 1. The van der Waals surface area contributed by atoms with E-state index >= 15 is 0 Å². The molecule has 3 aromatic rings. The first-order chi connectivity index (χ1) is 12.5. The van der Waals surface area contributed by atoms with Crippen LogP contribution in [0, 0.1) is 13.8 Å². The van der Waals surface area contributed by atoms with Gasteiger partial charge in [-0.3, -0.25) is 10.1 Å². The summed E-state index contributed by atoms with van der Waals surface area (Å²) in [7, 11) is 0. The van der Waals surface area contributed by atoms with Gasteiger partial charge in [0.25, 0.3) is 5.91 Å². The zero-order valence-corrected chi connectivity index (χ0v) is 15.2. The van der Waals surface area contributed by atoms with Crippen molar-refractivity contribution in [3.63, 3.8) is 0 Å². The number of amides is 3. The highest BCUT2D eigenvalue weighted by Crippen LogP contribution is 2.19. The highest BCUT2D eigenvalue weighted by atomic mass is 32.1. The molecule has 0 aliphatic heterocycles. The molecule has 1 heterocycles. The fourth-order valence-corrected chi connectivity index (χ4v) is 2.92. The van der Waals surface area contributed by atoms with E-state index in [0.29, 0.717) is 16.5 Å². The van der Waals surface area contributed by atoms with E-state index in [0.717, 1.165) is 11.1 Å². The van der Waals surface area contributed by atoms with E-state index in [2.05, 4.69) is 20.9 Å². The van der Waals surface area contributed by atoms with Crippen LogP contribution in [0.4, 0.5) is 21.3 Å². The zero-order valence-electron chi connectivity index (χ0n) is 14.4. The van der Waals surface area contributed by atoms with Crippen molar-refractivity contribution < 1.29 is 9.59 Å². The maximum absolute atomic E-state index is 12.3. The molecule has 3 amide bonds. The lowest BCUT2D eigenvalue weighted by Crippen LogP contribution is -2.19. The van der Waals surface area contributed by atoms with Crippen LogP contribution in [0.2, 0.25) is 0 Å². The number of thiazole rings is 1. The van der Waals surface area contributed by atoms with Gasteiger partial charge in [-0.15, -0.1) is 11.3 Å². The highest BCUT2D eigenvalue weighted by Gasteiger charge is 2.13. The number of hydrogen-bond donors (Lipinski definition) is 3. The minimum absolute atomic E-state index is 0.253. The monoisotopic (exact) mass is 366 g/mol. The summed E-state index contributed by atoms with van der Waals surface area (Å²) in [5, 5.41) is 10.1. The van der Waals surface area contributed by atoms with Gasteiger partial charge in [-0.2, -0.15) is 0 Å². The zero-order chi connectivity index (χ0) is 18.5. The van der Waals surface area contributed by atoms with Gasteiger partial charge >= 0.3 is 6.03 Å². The van der Waals surface area contributed by atoms with Gasteiger partial charge in [0.15, 0.2) is 5.13 Å². The summed E-state index contributed by atoms with van der Waals surface area (Å²) >= 11 is 1.19. The lowest BCUT2D eigenvalue weighted by atomic mass is 10.1. The molecule has 132 valence electrons. The van der Waals surface area contributed by atoms with Crippen molar-refractivity contribution in [3.8, 4) is 0 Å². The van der Waals surface area contributed by atoms with Crippen LogP contribution in [0.3, 0.4) is 0 Å². The molecule has 1 aromatic heterocycles. The van der Waals surface area contributed by atoms with Gasteiger partial charge in [0, 0.05) is 16.8 Å². The van der Waals surface area contributed by atoms with E-state index in [9.17, 15) is 9.59 Å². The molecule has 0 saturated carbocycles. The third-order valence-electron chi connectivity index (χ3n) is 3.75. The fraction of sp³-hybridized carbons (Fsp3) is 0.105. The first kappa shape index (κ1) is 17.6. The van der Waals surface area contributed by atoms with Crippen LogP contribution in [-0.4, -0.2) is 16.9 Å². The Morgan fingerprint density at radius 3 is 2.38 bits per heavy atom. The molecule has 0 bridgehead atoms. The topological polar surface area (TPSA) is 83.1 Å². The number of rotatable bonds is 4. The third kappa shape index (κ3) is 4.46. The molecule has 2 aromatic carbocycles. The number of hydrogen-bond acceptors (Lipinski definition) is 4. The fourth-order valence-electron chi connectivity index (χ4n) is 2.23. The van der Waals surface area contributed by atoms with Gasteiger partial charge in [0.2, 0.25) is 0 Å². The van der Waals surface area contributed by atoms with E-state index in [1.165, 1.54) is 11.3 Å². The first-order valence-electron chi connectivity index (χ1n) is 7.98. The van der Waals surface area contributed by atoms with Crippen molar-refractivity contribution in [2.45, 2.75) is 13.8 Å². The predicted molar refractivity (Wildman–Crippen MR) is 105 cm³/mol. The Morgan fingerprint density at radius 1 is 0.885 bits per heavy atom. The second-order valence-electron chi connectivity index (χ2n) is 5.74. The lowest BCUT2D eigenvalue weighted by Gasteiger charge is -2.06. The molecule has 0 spiro atoms. The molecular weight excluding hydrogens is 348 g/mol. The summed E-state index contributed by atoms with van der Waals surface area (Å²) < 4.78 is 0. The maximum atomic E-state index is 12.3. The third-order valence-corrected chi connectivity index (χ3v) is 4.51. The summed E-state index contributed by atoms with van der Waals surface area (Å²) in [6.07, 6.45) is 0. The average molecular weight is 366 g/mol. The maximum Gasteiger partial charge on any atom is 0.325 e. The summed E-state index contributed by atoms with van der Waals surface area (Å²) in [5.41, 5.74) is 3.90. The van der Waals surface area contributed by atoms with Crippen LogP contribution in [-0.2, 0) is 0 Å². The van der Waals surface area contributed by atoms with Crippen LogP contribution in [0.5, 0.6) is 0 Å². The largest absolute Gasteiger partial charge is 0.325 e. The van der Waals surface area contributed by atoms with Crippen LogP contribution < -0.4 is 16.0 Å². The Bertz CT molecular complexity index is 938. The average Bonchev–Trinajstić information content (AvgIpc) is 3.07. The molecule has 0 atom stereocenters. The van der Waals surface area contributed by atoms with Crippen LogP contribution >= 0.6 is 11.3 Å². The smallest absolute Gasteiger partial charge is 0.321 e. The van der Waals surface area contributed by atoms with E-state index in [-0.39, 0.29) is 11.6 Å². The highest BCUT2D eigenvalue weighted by molar-refractivity contribution is 7.14. The molecule has 0 saturated heterocycles. The van der Waals surface area contributed by atoms with Crippen LogP contribution in [0.15, 0.2) is 53.9 Å². The number of nitrogens with one attached hydrogen (secondary N) is 3. The number of urea groups is 1. The minimum Gasteiger partial charge on any atom is -0.321 e. The number of carbonyl (C=O) groups is 2. The number of aryl methyl sites for hydroxylation is 2.